The summed E-state index contributed by atoms with van der Waals surface area (Å²) in [5.41, 5.74) is 1.15. The van der Waals surface area contributed by atoms with Gasteiger partial charge in [0.15, 0.2) is 0 Å². The first-order valence-corrected chi connectivity index (χ1v) is 9.43. The Morgan fingerprint density at radius 3 is 2.18 bits per heavy atom. The molecule has 0 atom stereocenters. The minimum absolute atomic E-state index is 0.0557. The molecule has 28 heavy (non-hydrogen) atoms. The normalized spacial score (nSPS) is 19.5. The Hall–Kier alpha value is -2.41. The molecule has 3 heterocycles. The smallest absolute Gasteiger partial charge is 0.337 e. The lowest BCUT2D eigenvalue weighted by Gasteiger charge is -2.54. The van der Waals surface area contributed by atoms with Gasteiger partial charge in [0.2, 0.25) is 0 Å². The topological polar surface area (TPSA) is 36.4 Å². The molecule has 4 rings (SSSR count). The summed E-state index contributed by atoms with van der Waals surface area (Å²) >= 11 is 0. The first-order valence-electron chi connectivity index (χ1n) is 9.43. The number of carbonyl (C=O) groups excluding carboxylic acids is 1. The number of likely N-dealkylation sites (tertiary alicyclic amines) is 2. The van der Waals surface area contributed by atoms with Crippen LogP contribution in [-0.4, -0.2) is 46.9 Å². The summed E-state index contributed by atoms with van der Waals surface area (Å²) in [7, 11) is 0. The van der Waals surface area contributed by atoms with Crippen molar-refractivity contribution in [3.8, 4) is 0 Å². The van der Waals surface area contributed by atoms with E-state index in [9.17, 15) is 18.0 Å². The summed E-state index contributed by atoms with van der Waals surface area (Å²) in [4.78, 5) is 20.6. The average Bonchev–Trinajstić information content (AvgIpc) is 2.67. The van der Waals surface area contributed by atoms with Crippen molar-refractivity contribution in [2.45, 2.75) is 25.6 Å². The highest BCUT2D eigenvalue weighted by Gasteiger charge is 2.46. The summed E-state index contributed by atoms with van der Waals surface area (Å²) in [5, 5.41) is 0. The molecule has 2 aromatic rings. The van der Waals surface area contributed by atoms with E-state index in [0.717, 1.165) is 56.7 Å². The molecule has 7 heteroatoms. The van der Waals surface area contributed by atoms with Gasteiger partial charge in [-0.3, -0.25) is 14.7 Å². The Morgan fingerprint density at radius 2 is 1.61 bits per heavy atom. The van der Waals surface area contributed by atoms with Crippen LogP contribution in [0.5, 0.6) is 0 Å². The van der Waals surface area contributed by atoms with E-state index in [1.807, 2.05) is 4.90 Å². The predicted octanol–water partition coefficient (Wildman–Crippen LogP) is 3.84. The summed E-state index contributed by atoms with van der Waals surface area (Å²) in [5.74, 6) is 0.0557. The number of hydrogen-bond donors (Lipinski definition) is 0. The van der Waals surface area contributed by atoms with E-state index < -0.39 is 11.7 Å². The molecule has 1 aromatic carbocycles. The Kier molecular flexibility index (Phi) is 4.87. The molecule has 2 aliphatic heterocycles. The largest absolute Gasteiger partial charge is 0.416 e. The Bertz CT molecular complexity index is 820. The van der Waals surface area contributed by atoms with Gasteiger partial charge in [0.1, 0.15) is 0 Å². The van der Waals surface area contributed by atoms with Crippen LogP contribution in [0, 0.1) is 5.41 Å². The van der Waals surface area contributed by atoms with Crippen molar-refractivity contribution in [2.75, 3.05) is 26.2 Å². The van der Waals surface area contributed by atoms with Gasteiger partial charge in [0.05, 0.1) is 5.56 Å². The minimum Gasteiger partial charge on any atom is -0.337 e. The van der Waals surface area contributed by atoms with E-state index in [1.54, 1.807) is 36.7 Å². The number of nitrogens with zero attached hydrogens (tertiary/aromatic N) is 3. The fourth-order valence-electron chi connectivity index (χ4n) is 4.14. The van der Waals surface area contributed by atoms with Gasteiger partial charge in [-0.25, -0.2) is 0 Å². The third-order valence-electron chi connectivity index (χ3n) is 5.87. The van der Waals surface area contributed by atoms with Gasteiger partial charge in [-0.1, -0.05) is 12.1 Å². The lowest BCUT2D eigenvalue weighted by atomic mass is 9.71. The standard InChI is InChI=1S/C21H22F3N3O/c22-21(23,24)18-3-1-16(2-4-18)13-26-11-7-20(8-12-26)14-27(15-20)19(28)17-5-9-25-10-6-17/h1-6,9-10H,7-8,11-15H2. The van der Waals surface area contributed by atoms with Crippen molar-refractivity contribution < 1.29 is 18.0 Å². The van der Waals surface area contributed by atoms with Crippen LogP contribution in [-0.2, 0) is 12.7 Å². The van der Waals surface area contributed by atoms with Crippen LogP contribution in [0.1, 0.15) is 34.3 Å². The molecule has 1 amide bonds. The van der Waals surface area contributed by atoms with E-state index in [2.05, 4.69) is 9.88 Å². The van der Waals surface area contributed by atoms with E-state index in [0.29, 0.717) is 12.1 Å². The number of halogens is 3. The molecule has 1 aromatic heterocycles. The third-order valence-corrected chi connectivity index (χ3v) is 5.87. The number of alkyl halides is 3. The highest BCUT2D eigenvalue weighted by atomic mass is 19.4. The summed E-state index contributed by atoms with van der Waals surface area (Å²) in [6.07, 6.45) is 0.979. The summed E-state index contributed by atoms with van der Waals surface area (Å²) in [6, 6.07) is 8.89. The van der Waals surface area contributed by atoms with Gasteiger partial charge in [-0.2, -0.15) is 13.2 Å². The number of benzene rings is 1. The highest BCUT2D eigenvalue weighted by molar-refractivity contribution is 5.94. The van der Waals surface area contributed by atoms with Gasteiger partial charge in [-0.05, 0) is 55.8 Å². The number of aromatic nitrogens is 1. The minimum atomic E-state index is -4.29. The first kappa shape index (κ1) is 18.9. The molecular formula is C21H22F3N3O. The van der Waals surface area contributed by atoms with Crippen molar-refractivity contribution in [3.63, 3.8) is 0 Å². The van der Waals surface area contributed by atoms with E-state index >= 15 is 0 Å². The van der Waals surface area contributed by atoms with Crippen molar-refractivity contribution >= 4 is 5.91 Å². The third kappa shape index (κ3) is 3.90. The maximum absolute atomic E-state index is 12.7. The van der Waals surface area contributed by atoms with Crippen LogP contribution in [0.3, 0.4) is 0 Å². The van der Waals surface area contributed by atoms with Gasteiger partial charge in [0.25, 0.3) is 5.91 Å². The molecule has 0 N–H and O–H groups in total. The van der Waals surface area contributed by atoms with Crippen molar-refractivity contribution in [2.24, 2.45) is 5.41 Å². The number of carbonyl (C=O) groups is 1. The molecular weight excluding hydrogens is 367 g/mol. The quantitative estimate of drug-likeness (QED) is 0.800. The average molecular weight is 389 g/mol. The van der Waals surface area contributed by atoms with Crippen molar-refractivity contribution in [3.05, 3.63) is 65.5 Å². The molecule has 2 fully saturated rings. The van der Waals surface area contributed by atoms with Crippen LogP contribution in [0.4, 0.5) is 13.2 Å². The zero-order chi connectivity index (χ0) is 19.8. The SMILES string of the molecule is O=C(c1ccncc1)N1CC2(CCN(Cc3ccc(C(F)(F)F)cc3)CC2)C1. The molecule has 0 saturated carbocycles. The van der Waals surface area contributed by atoms with Crippen LogP contribution in [0.2, 0.25) is 0 Å². The van der Waals surface area contributed by atoms with Gasteiger partial charge in [0, 0.05) is 43.0 Å². The Balaban J connectivity index is 1.27. The number of rotatable bonds is 3. The number of hydrogen-bond acceptors (Lipinski definition) is 3. The molecule has 148 valence electrons. The van der Waals surface area contributed by atoms with Crippen molar-refractivity contribution in [1.29, 1.82) is 0 Å². The van der Waals surface area contributed by atoms with Crippen LogP contribution >= 0.6 is 0 Å². The molecule has 2 saturated heterocycles. The zero-order valence-corrected chi connectivity index (χ0v) is 15.5. The first-order chi connectivity index (χ1) is 13.3. The lowest BCUT2D eigenvalue weighted by Crippen LogP contribution is -2.61. The molecule has 0 bridgehead atoms. The molecule has 0 radical (unpaired) electrons. The Labute approximate surface area is 162 Å². The van der Waals surface area contributed by atoms with E-state index in [4.69, 9.17) is 0 Å². The fourth-order valence-corrected chi connectivity index (χ4v) is 4.14. The monoisotopic (exact) mass is 389 g/mol. The van der Waals surface area contributed by atoms with E-state index in [-0.39, 0.29) is 11.3 Å². The number of amides is 1. The molecule has 0 aliphatic carbocycles. The van der Waals surface area contributed by atoms with Crippen molar-refractivity contribution in [1.82, 2.24) is 14.8 Å². The molecule has 1 spiro atoms. The summed E-state index contributed by atoms with van der Waals surface area (Å²) in [6.45, 7) is 4.02. The highest BCUT2D eigenvalue weighted by Crippen LogP contribution is 2.41. The van der Waals surface area contributed by atoms with Crippen LogP contribution in [0.15, 0.2) is 48.8 Å². The fraction of sp³-hybridized carbons (Fsp3) is 0.429. The number of pyridine rings is 1. The van der Waals surface area contributed by atoms with Gasteiger partial charge < -0.3 is 4.90 Å². The van der Waals surface area contributed by atoms with E-state index in [1.165, 1.54) is 0 Å². The maximum Gasteiger partial charge on any atom is 0.416 e. The molecule has 0 unspecified atom stereocenters. The zero-order valence-electron chi connectivity index (χ0n) is 15.5. The number of piperidine rings is 1. The summed E-state index contributed by atoms with van der Waals surface area (Å²) < 4.78 is 38.0. The van der Waals surface area contributed by atoms with Gasteiger partial charge in [-0.15, -0.1) is 0 Å². The maximum atomic E-state index is 12.7. The predicted molar refractivity (Wildman–Crippen MR) is 98.5 cm³/mol. The second-order valence-electron chi connectivity index (χ2n) is 7.87. The lowest BCUT2D eigenvalue weighted by molar-refractivity contribution is -0.137. The Morgan fingerprint density at radius 1 is 1.00 bits per heavy atom. The second kappa shape index (κ2) is 7.20. The van der Waals surface area contributed by atoms with Crippen LogP contribution < -0.4 is 0 Å². The molecule has 2 aliphatic rings. The van der Waals surface area contributed by atoms with Gasteiger partial charge >= 0.3 is 6.18 Å². The molecule has 4 nitrogen and oxygen atoms in total. The second-order valence-corrected chi connectivity index (χ2v) is 7.87. The van der Waals surface area contributed by atoms with Crippen LogP contribution in [0.25, 0.3) is 0 Å².